The van der Waals surface area contributed by atoms with Crippen molar-refractivity contribution in [1.82, 2.24) is 4.90 Å². The van der Waals surface area contributed by atoms with Gasteiger partial charge in [-0.2, -0.15) is 0 Å². The van der Waals surface area contributed by atoms with E-state index in [1.165, 1.54) is 30.2 Å². The molecule has 1 aliphatic rings. The van der Waals surface area contributed by atoms with Crippen molar-refractivity contribution in [3.05, 3.63) is 65.2 Å². The SMILES string of the molecule is COC(=O)[C@@H]1C[C@@H](S(=O)(=O)c2ccccc2)CN1C(=O)c1cccc(Cl)c1. The maximum atomic E-state index is 12.9. The summed E-state index contributed by atoms with van der Waals surface area (Å²) in [6.07, 6.45) is -0.0177. The maximum Gasteiger partial charge on any atom is 0.328 e. The summed E-state index contributed by atoms with van der Waals surface area (Å²) in [6.45, 7) is -0.0949. The number of methoxy groups -OCH3 is 1. The van der Waals surface area contributed by atoms with Crippen LogP contribution in [0.1, 0.15) is 16.8 Å². The molecule has 2 aromatic carbocycles. The summed E-state index contributed by atoms with van der Waals surface area (Å²) in [7, 11) is -2.49. The Labute approximate surface area is 162 Å². The minimum atomic E-state index is -3.70. The number of amides is 1. The number of hydrogen-bond donors (Lipinski definition) is 0. The first-order valence-electron chi connectivity index (χ1n) is 8.28. The molecule has 1 amide bonds. The van der Waals surface area contributed by atoms with Gasteiger partial charge in [0, 0.05) is 17.1 Å². The molecule has 0 bridgehead atoms. The third-order valence-electron chi connectivity index (χ3n) is 4.58. The van der Waals surface area contributed by atoms with Crippen LogP contribution in [0.3, 0.4) is 0 Å². The maximum absolute atomic E-state index is 12.9. The number of carbonyl (C=O) groups is 2. The lowest BCUT2D eigenvalue weighted by molar-refractivity contribution is -0.145. The molecule has 0 aromatic heterocycles. The molecule has 0 saturated carbocycles. The molecule has 1 saturated heterocycles. The number of esters is 1. The summed E-state index contributed by atoms with van der Waals surface area (Å²) in [6, 6.07) is 13.3. The van der Waals surface area contributed by atoms with Gasteiger partial charge in [0.25, 0.3) is 5.91 Å². The molecule has 6 nitrogen and oxygen atoms in total. The Balaban J connectivity index is 1.94. The van der Waals surface area contributed by atoms with E-state index in [-0.39, 0.29) is 23.4 Å². The average molecular weight is 408 g/mol. The van der Waals surface area contributed by atoms with Crippen molar-refractivity contribution < 1.29 is 22.7 Å². The number of halogens is 1. The van der Waals surface area contributed by atoms with Gasteiger partial charge in [0.1, 0.15) is 6.04 Å². The second-order valence-electron chi connectivity index (χ2n) is 6.22. The molecule has 2 atom stereocenters. The Bertz CT molecular complexity index is 961. The molecule has 1 aliphatic heterocycles. The van der Waals surface area contributed by atoms with E-state index in [2.05, 4.69) is 0 Å². The van der Waals surface area contributed by atoms with Crippen molar-refractivity contribution in [2.75, 3.05) is 13.7 Å². The number of ether oxygens (including phenoxy) is 1. The quantitative estimate of drug-likeness (QED) is 0.727. The Hall–Kier alpha value is -2.38. The zero-order valence-electron chi connectivity index (χ0n) is 14.5. The van der Waals surface area contributed by atoms with E-state index in [4.69, 9.17) is 16.3 Å². The number of likely N-dealkylation sites (tertiary alicyclic amines) is 1. The number of sulfone groups is 1. The largest absolute Gasteiger partial charge is 0.467 e. The van der Waals surface area contributed by atoms with Crippen LogP contribution >= 0.6 is 11.6 Å². The first-order chi connectivity index (χ1) is 12.8. The monoisotopic (exact) mass is 407 g/mol. The first kappa shape index (κ1) is 19.4. The summed E-state index contributed by atoms with van der Waals surface area (Å²) in [5.74, 6) is -1.10. The molecule has 0 N–H and O–H groups in total. The molecule has 0 aliphatic carbocycles. The van der Waals surface area contributed by atoms with Gasteiger partial charge in [-0.3, -0.25) is 4.79 Å². The summed E-state index contributed by atoms with van der Waals surface area (Å²) in [4.78, 5) is 26.5. The van der Waals surface area contributed by atoms with Gasteiger partial charge in [0.15, 0.2) is 9.84 Å². The summed E-state index contributed by atoms with van der Waals surface area (Å²) < 4.78 is 30.7. The minimum Gasteiger partial charge on any atom is -0.467 e. The Morgan fingerprint density at radius 2 is 1.81 bits per heavy atom. The van der Waals surface area contributed by atoms with Crippen molar-refractivity contribution in [1.29, 1.82) is 0 Å². The lowest BCUT2D eigenvalue weighted by atomic mass is 10.1. The summed E-state index contributed by atoms with van der Waals surface area (Å²) in [5.41, 5.74) is 0.286. The highest BCUT2D eigenvalue weighted by atomic mass is 35.5. The molecule has 27 heavy (non-hydrogen) atoms. The normalized spacial score (nSPS) is 19.7. The predicted molar refractivity (Wildman–Crippen MR) is 100 cm³/mol. The highest BCUT2D eigenvalue weighted by Crippen LogP contribution is 2.30. The van der Waals surface area contributed by atoms with E-state index in [1.807, 2.05) is 0 Å². The molecule has 0 spiro atoms. The van der Waals surface area contributed by atoms with Gasteiger partial charge >= 0.3 is 5.97 Å². The molecule has 8 heteroatoms. The van der Waals surface area contributed by atoms with Crippen molar-refractivity contribution in [2.45, 2.75) is 22.6 Å². The van der Waals surface area contributed by atoms with Crippen LogP contribution < -0.4 is 0 Å². The van der Waals surface area contributed by atoms with Crippen LogP contribution in [0.4, 0.5) is 0 Å². The second-order valence-corrected chi connectivity index (χ2v) is 8.89. The zero-order valence-corrected chi connectivity index (χ0v) is 16.1. The third-order valence-corrected chi connectivity index (χ3v) is 6.96. The van der Waals surface area contributed by atoms with Gasteiger partial charge in [-0.1, -0.05) is 35.9 Å². The second kappa shape index (κ2) is 7.70. The molecule has 1 fully saturated rings. The van der Waals surface area contributed by atoms with Crippen LogP contribution in [-0.4, -0.2) is 50.1 Å². The Morgan fingerprint density at radius 3 is 2.44 bits per heavy atom. The van der Waals surface area contributed by atoms with Gasteiger partial charge in [-0.15, -0.1) is 0 Å². The molecule has 0 radical (unpaired) electrons. The van der Waals surface area contributed by atoms with Gasteiger partial charge in [0.2, 0.25) is 0 Å². The fraction of sp³-hybridized carbons (Fsp3) is 0.263. The lowest BCUT2D eigenvalue weighted by Gasteiger charge is -2.22. The smallest absolute Gasteiger partial charge is 0.328 e. The summed E-state index contributed by atoms with van der Waals surface area (Å²) >= 11 is 5.94. The molecule has 2 aromatic rings. The van der Waals surface area contributed by atoms with Crippen LogP contribution in [-0.2, 0) is 19.4 Å². The Kier molecular flexibility index (Phi) is 5.53. The molecular formula is C19H18ClNO5S. The van der Waals surface area contributed by atoms with Crippen LogP contribution in [0.5, 0.6) is 0 Å². The van der Waals surface area contributed by atoms with E-state index in [0.717, 1.165) is 0 Å². The number of nitrogens with zero attached hydrogens (tertiary/aromatic N) is 1. The highest BCUT2D eigenvalue weighted by molar-refractivity contribution is 7.92. The molecule has 1 heterocycles. The number of rotatable bonds is 4. The van der Waals surface area contributed by atoms with Crippen molar-refractivity contribution in [2.24, 2.45) is 0 Å². The van der Waals surface area contributed by atoms with E-state index in [1.54, 1.807) is 36.4 Å². The van der Waals surface area contributed by atoms with Gasteiger partial charge in [-0.05, 0) is 36.8 Å². The van der Waals surface area contributed by atoms with Crippen molar-refractivity contribution in [3.63, 3.8) is 0 Å². The van der Waals surface area contributed by atoms with E-state index < -0.39 is 33.0 Å². The number of benzene rings is 2. The fourth-order valence-electron chi connectivity index (χ4n) is 3.20. The van der Waals surface area contributed by atoms with Gasteiger partial charge in [0.05, 0.1) is 17.3 Å². The number of hydrogen-bond acceptors (Lipinski definition) is 5. The molecule has 142 valence electrons. The molecule has 3 rings (SSSR count). The minimum absolute atomic E-state index is 0.0177. The van der Waals surface area contributed by atoms with E-state index in [0.29, 0.717) is 5.02 Å². The number of carbonyl (C=O) groups excluding carboxylic acids is 2. The molecule has 0 unspecified atom stereocenters. The van der Waals surface area contributed by atoms with Crippen LogP contribution in [0.25, 0.3) is 0 Å². The van der Waals surface area contributed by atoms with Gasteiger partial charge < -0.3 is 9.64 Å². The van der Waals surface area contributed by atoms with Crippen molar-refractivity contribution >= 4 is 33.3 Å². The predicted octanol–water partition coefficient (Wildman–Crippen LogP) is 2.57. The van der Waals surface area contributed by atoms with Crippen LogP contribution in [0.2, 0.25) is 5.02 Å². The Morgan fingerprint density at radius 1 is 1.11 bits per heavy atom. The lowest BCUT2D eigenvalue weighted by Crippen LogP contribution is -2.41. The average Bonchev–Trinajstić information content (AvgIpc) is 3.13. The third kappa shape index (κ3) is 3.84. The topological polar surface area (TPSA) is 80.8 Å². The highest BCUT2D eigenvalue weighted by Gasteiger charge is 2.46. The van der Waals surface area contributed by atoms with Gasteiger partial charge in [-0.25, -0.2) is 13.2 Å². The van der Waals surface area contributed by atoms with E-state index >= 15 is 0 Å². The first-order valence-corrected chi connectivity index (χ1v) is 10.2. The van der Waals surface area contributed by atoms with E-state index in [9.17, 15) is 18.0 Å². The van der Waals surface area contributed by atoms with Crippen LogP contribution in [0, 0.1) is 0 Å². The standard InChI is InChI=1S/C19H18ClNO5S/c1-26-19(23)17-11-16(27(24,25)15-8-3-2-4-9-15)12-21(17)18(22)13-6-5-7-14(20)10-13/h2-10,16-17H,11-12H2,1H3/t16-,17+/m1/s1. The van der Waals surface area contributed by atoms with Crippen molar-refractivity contribution in [3.8, 4) is 0 Å². The summed E-state index contributed by atoms with van der Waals surface area (Å²) in [5, 5.41) is -0.518. The fourth-order valence-corrected chi connectivity index (χ4v) is 5.10. The van der Waals surface area contributed by atoms with Crippen LogP contribution in [0.15, 0.2) is 59.5 Å². The molecular weight excluding hydrogens is 390 g/mol. The zero-order chi connectivity index (χ0) is 19.6.